The van der Waals surface area contributed by atoms with E-state index in [2.05, 4.69) is 15.0 Å². The van der Waals surface area contributed by atoms with Gasteiger partial charge >= 0.3 is 0 Å². The summed E-state index contributed by atoms with van der Waals surface area (Å²) >= 11 is 1.54. The van der Waals surface area contributed by atoms with Crippen LogP contribution >= 0.6 is 11.3 Å². The van der Waals surface area contributed by atoms with Crippen molar-refractivity contribution in [1.29, 1.82) is 0 Å². The van der Waals surface area contributed by atoms with Gasteiger partial charge in [0.1, 0.15) is 0 Å². The van der Waals surface area contributed by atoms with Crippen LogP contribution in [0.5, 0.6) is 0 Å². The predicted octanol–water partition coefficient (Wildman–Crippen LogP) is 1.68. The Bertz CT molecular complexity index is 441. The molecule has 5 heteroatoms. The van der Waals surface area contributed by atoms with Crippen LogP contribution in [0.15, 0.2) is 11.7 Å². The molecule has 0 aliphatic rings. The molecule has 0 atom stereocenters. The first-order valence-electron chi connectivity index (χ1n) is 4.65. The van der Waals surface area contributed by atoms with E-state index in [4.69, 9.17) is 5.73 Å². The zero-order valence-corrected chi connectivity index (χ0v) is 9.51. The van der Waals surface area contributed by atoms with Crippen molar-refractivity contribution in [3.05, 3.63) is 28.7 Å². The third-order valence-corrected chi connectivity index (χ3v) is 3.05. The van der Waals surface area contributed by atoms with Gasteiger partial charge in [-0.1, -0.05) is 0 Å². The highest BCUT2D eigenvalue weighted by Crippen LogP contribution is 2.21. The van der Waals surface area contributed by atoms with Crippen molar-refractivity contribution in [3.8, 4) is 10.7 Å². The van der Waals surface area contributed by atoms with E-state index in [-0.39, 0.29) is 0 Å². The molecule has 0 aliphatic heterocycles. The van der Waals surface area contributed by atoms with Crippen LogP contribution in [0.1, 0.15) is 17.0 Å². The molecular formula is C10H12N4S. The summed E-state index contributed by atoms with van der Waals surface area (Å²) in [5.74, 6) is 0.740. The second-order valence-corrected chi connectivity index (χ2v) is 4.15. The highest BCUT2D eigenvalue weighted by molar-refractivity contribution is 7.13. The van der Waals surface area contributed by atoms with Crippen LogP contribution in [0.4, 0.5) is 0 Å². The maximum atomic E-state index is 5.63. The van der Waals surface area contributed by atoms with Gasteiger partial charge in [0.15, 0.2) is 5.82 Å². The number of hydrogen-bond acceptors (Lipinski definition) is 5. The van der Waals surface area contributed by atoms with Gasteiger partial charge in [-0.25, -0.2) is 9.97 Å². The Morgan fingerprint density at radius 2 is 1.93 bits per heavy atom. The molecule has 0 aliphatic carbocycles. The van der Waals surface area contributed by atoms with Crippen LogP contribution in [0.3, 0.4) is 0 Å². The van der Waals surface area contributed by atoms with E-state index in [0.717, 1.165) is 27.7 Å². The predicted molar refractivity (Wildman–Crippen MR) is 60.5 cm³/mol. The van der Waals surface area contributed by atoms with Crippen molar-refractivity contribution in [2.75, 3.05) is 0 Å². The van der Waals surface area contributed by atoms with Crippen molar-refractivity contribution < 1.29 is 0 Å². The topological polar surface area (TPSA) is 64.7 Å². The molecule has 15 heavy (non-hydrogen) atoms. The van der Waals surface area contributed by atoms with E-state index in [1.807, 2.05) is 13.8 Å². The minimum absolute atomic E-state index is 0.487. The number of aromatic nitrogens is 3. The molecule has 2 aromatic rings. The van der Waals surface area contributed by atoms with Crippen molar-refractivity contribution >= 4 is 11.3 Å². The molecule has 0 bridgehead atoms. The van der Waals surface area contributed by atoms with E-state index in [9.17, 15) is 0 Å². The van der Waals surface area contributed by atoms with Gasteiger partial charge in [0.2, 0.25) is 0 Å². The summed E-state index contributed by atoms with van der Waals surface area (Å²) in [6.07, 6.45) is 1.78. The Hall–Kier alpha value is -1.33. The summed E-state index contributed by atoms with van der Waals surface area (Å²) in [5.41, 5.74) is 10.3. The minimum atomic E-state index is 0.487. The normalized spacial score (nSPS) is 10.6. The van der Waals surface area contributed by atoms with Gasteiger partial charge in [-0.15, -0.1) is 11.3 Å². The van der Waals surface area contributed by atoms with Gasteiger partial charge in [0.05, 0.1) is 10.4 Å². The van der Waals surface area contributed by atoms with Crippen molar-refractivity contribution in [3.63, 3.8) is 0 Å². The van der Waals surface area contributed by atoms with Crippen LogP contribution in [0, 0.1) is 13.8 Å². The van der Waals surface area contributed by atoms with Crippen LogP contribution in [0.2, 0.25) is 0 Å². The van der Waals surface area contributed by atoms with Crippen LogP contribution < -0.4 is 5.73 Å². The summed E-state index contributed by atoms with van der Waals surface area (Å²) in [5, 5.41) is 0. The fourth-order valence-electron chi connectivity index (χ4n) is 1.47. The first-order chi connectivity index (χ1) is 7.22. The van der Waals surface area contributed by atoms with E-state index in [0.29, 0.717) is 6.54 Å². The van der Waals surface area contributed by atoms with Crippen LogP contribution in [0.25, 0.3) is 10.7 Å². The fraction of sp³-hybridized carbons (Fsp3) is 0.300. The zero-order chi connectivity index (χ0) is 10.8. The number of hydrogen-bond donors (Lipinski definition) is 1. The molecule has 4 nitrogen and oxygen atoms in total. The molecular weight excluding hydrogens is 208 g/mol. The largest absolute Gasteiger partial charge is 0.326 e. The SMILES string of the molecule is Cc1nc(-c2cncs2)nc(C)c1CN. The van der Waals surface area contributed by atoms with Crippen LogP contribution in [-0.2, 0) is 6.54 Å². The molecule has 0 amide bonds. The first kappa shape index (κ1) is 10.2. The van der Waals surface area contributed by atoms with Crippen LogP contribution in [-0.4, -0.2) is 15.0 Å². The molecule has 0 aromatic carbocycles. The molecule has 2 heterocycles. The summed E-state index contributed by atoms with van der Waals surface area (Å²) in [4.78, 5) is 13.9. The molecule has 2 N–H and O–H groups in total. The zero-order valence-electron chi connectivity index (χ0n) is 8.69. The van der Waals surface area contributed by atoms with Gasteiger partial charge in [0, 0.05) is 29.7 Å². The standard InChI is InChI=1S/C10H12N4S/c1-6-8(3-11)7(2)14-10(13-6)9-4-12-5-15-9/h4-5H,3,11H2,1-2H3. The smallest absolute Gasteiger partial charge is 0.171 e. The number of nitrogens with two attached hydrogens (primary N) is 1. The number of aryl methyl sites for hydroxylation is 2. The first-order valence-corrected chi connectivity index (χ1v) is 5.53. The molecule has 0 saturated carbocycles. The molecule has 2 rings (SSSR count). The highest BCUT2D eigenvalue weighted by Gasteiger charge is 2.09. The average Bonchev–Trinajstić information content (AvgIpc) is 2.69. The molecule has 78 valence electrons. The lowest BCUT2D eigenvalue weighted by molar-refractivity contribution is 0.940. The van der Waals surface area contributed by atoms with E-state index in [1.54, 1.807) is 11.7 Å². The average molecular weight is 220 g/mol. The van der Waals surface area contributed by atoms with Gasteiger partial charge in [0.25, 0.3) is 0 Å². The summed E-state index contributed by atoms with van der Waals surface area (Å²) in [6.45, 7) is 4.41. The second-order valence-electron chi connectivity index (χ2n) is 3.27. The second kappa shape index (κ2) is 4.04. The third kappa shape index (κ3) is 1.88. The maximum Gasteiger partial charge on any atom is 0.171 e. The lowest BCUT2D eigenvalue weighted by atomic mass is 10.2. The van der Waals surface area contributed by atoms with Gasteiger partial charge < -0.3 is 5.73 Å². The Morgan fingerprint density at radius 3 is 2.40 bits per heavy atom. The van der Waals surface area contributed by atoms with E-state index < -0.39 is 0 Å². The number of nitrogens with zero attached hydrogens (tertiary/aromatic N) is 3. The highest BCUT2D eigenvalue weighted by atomic mass is 32.1. The van der Waals surface area contributed by atoms with E-state index >= 15 is 0 Å². The maximum absolute atomic E-state index is 5.63. The Morgan fingerprint density at radius 1 is 1.27 bits per heavy atom. The van der Waals surface area contributed by atoms with E-state index in [1.165, 1.54) is 11.3 Å². The summed E-state index contributed by atoms with van der Waals surface area (Å²) < 4.78 is 0. The number of rotatable bonds is 2. The molecule has 0 spiro atoms. The Balaban J connectivity index is 2.53. The minimum Gasteiger partial charge on any atom is -0.326 e. The molecule has 2 aromatic heterocycles. The summed E-state index contributed by atoms with van der Waals surface area (Å²) in [7, 11) is 0. The van der Waals surface area contributed by atoms with Crippen molar-refractivity contribution in [2.24, 2.45) is 5.73 Å². The lowest BCUT2D eigenvalue weighted by Crippen LogP contribution is -2.06. The van der Waals surface area contributed by atoms with Gasteiger partial charge in [-0.3, -0.25) is 4.98 Å². The Kier molecular flexibility index (Phi) is 2.75. The fourth-order valence-corrected chi connectivity index (χ4v) is 2.02. The monoisotopic (exact) mass is 220 g/mol. The number of thiazole rings is 1. The molecule has 0 saturated heterocycles. The Labute approximate surface area is 92.2 Å². The third-order valence-electron chi connectivity index (χ3n) is 2.28. The molecule has 0 unspecified atom stereocenters. The molecule has 0 fully saturated rings. The van der Waals surface area contributed by atoms with Gasteiger partial charge in [-0.05, 0) is 13.8 Å². The van der Waals surface area contributed by atoms with Gasteiger partial charge in [-0.2, -0.15) is 0 Å². The quantitative estimate of drug-likeness (QED) is 0.836. The lowest BCUT2D eigenvalue weighted by Gasteiger charge is -2.07. The summed E-state index contributed by atoms with van der Waals surface area (Å²) in [6, 6.07) is 0. The molecule has 0 radical (unpaired) electrons. The van der Waals surface area contributed by atoms with Crippen molar-refractivity contribution in [1.82, 2.24) is 15.0 Å². The van der Waals surface area contributed by atoms with Crippen molar-refractivity contribution in [2.45, 2.75) is 20.4 Å².